The van der Waals surface area contributed by atoms with Crippen LogP contribution in [0.3, 0.4) is 0 Å². The maximum Gasteiger partial charge on any atom is 0.306 e. The minimum absolute atomic E-state index is 0.114. The van der Waals surface area contributed by atoms with Crippen LogP contribution in [0.5, 0.6) is 0 Å². The molecule has 1 aromatic rings. The van der Waals surface area contributed by atoms with Crippen LogP contribution in [-0.2, 0) is 15.1 Å². The van der Waals surface area contributed by atoms with E-state index in [1.54, 1.807) is 0 Å². The van der Waals surface area contributed by atoms with Gasteiger partial charge in [0.15, 0.2) is 0 Å². The first kappa shape index (κ1) is 15.0. The molecule has 0 amide bonds. The molecule has 110 valence electrons. The number of esters is 1. The molecule has 0 radical (unpaired) electrons. The van der Waals surface area contributed by atoms with Crippen molar-refractivity contribution in [1.82, 2.24) is 4.90 Å². The molecule has 3 nitrogen and oxygen atoms in total. The summed E-state index contributed by atoms with van der Waals surface area (Å²) in [5, 5.41) is 0. The van der Waals surface area contributed by atoms with Crippen LogP contribution in [0.25, 0.3) is 0 Å². The highest BCUT2D eigenvalue weighted by atomic mass is 16.6. The molecule has 0 bridgehead atoms. The van der Waals surface area contributed by atoms with Gasteiger partial charge >= 0.3 is 5.97 Å². The van der Waals surface area contributed by atoms with Gasteiger partial charge in [-0.1, -0.05) is 51.1 Å². The summed E-state index contributed by atoms with van der Waals surface area (Å²) in [6, 6.07) is 10.2. The lowest BCUT2D eigenvalue weighted by Gasteiger charge is -2.49. The second-order valence-electron chi connectivity index (χ2n) is 6.01. The highest BCUT2D eigenvalue weighted by molar-refractivity contribution is 5.69. The van der Waals surface area contributed by atoms with Gasteiger partial charge in [0.2, 0.25) is 0 Å². The topological polar surface area (TPSA) is 29.5 Å². The Morgan fingerprint density at radius 1 is 1.25 bits per heavy atom. The lowest BCUT2D eigenvalue weighted by Crippen LogP contribution is -2.55. The molecule has 3 heteroatoms. The molecule has 1 heterocycles. The molecule has 0 spiro atoms. The lowest BCUT2D eigenvalue weighted by molar-refractivity contribution is -0.185. The molecule has 0 saturated carbocycles. The van der Waals surface area contributed by atoms with E-state index in [1.807, 2.05) is 25.1 Å². The minimum atomic E-state index is -0.499. The van der Waals surface area contributed by atoms with Crippen LogP contribution < -0.4 is 0 Å². The van der Waals surface area contributed by atoms with Gasteiger partial charge < -0.3 is 9.64 Å². The summed E-state index contributed by atoms with van der Waals surface area (Å²) in [5.74, 6) is 0.431. The Hall–Kier alpha value is -1.35. The van der Waals surface area contributed by atoms with Crippen LogP contribution in [0.15, 0.2) is 30.3 Å². The molecule has 1 aliphatic rings. The highest BCUT2D eigenvalue weighted by Crippen LogP contribution is 2.44. The zero-order chi connectivity index (χ0) is 14.8. The van der Waals surface area contributed by atoms with E-state index in [2.05, 4.69) is 37.9 Å². The second-order valence-corrected chi connectivity index (χ2v) is 6.01. The van der Waals surface area contributed by atoms with E-state index in [4.69, 9.17) is 4.74 Å². The van der Waals surface area contributed by atoms with E-state index in [9.17, 15) is 4.79 Å². The zero-order valence-corrected chi connectivity index (χ0v) is 12.9. The summed E-state index contributed by atoms with van der Waals surface area (Å²) in [4.78, 5) is 14.3. The molecule has 0 unspecified atom stereocenters. The molecule has 0 aromatic heterocycles. The summed E-state index contributed by atoms with van der Waals surface area (Å²) in [6.07, 6.45) is 0.420. The molecule has 1 aliphatic heterocycles. The Bertz CT molecular complexity index is 445. The van der Waals surface area contributed by atoms with Crippen molar-refractivity contribution in [3.8, 4) is 0 Å². The van der Waals surface area contributed by atoms with E-state index >= 15 is 0 Å². The maximum atomic E-state index is 12.0. The Labute approximate surface area is 121 Å². The predicted octanol–water partition coefficient (Wildman–Crippen LogP) is 3.05. The van der Waals surface area contributed by atoms with Crippen LogP contribution in [0.2, 0.25) is 0 Å². The van der Waals surface area contributed by atoms with Gasteiger partial charge in [0, 0.05) is 31.3 Å². The third-order valence-corrected chi connectivity index (χ3v) is 4.43. The van der Waals surface area contributed by atoms with Crippen molar-refractivity contribution in [3.05, 3.63) is 35.9 Å². The summed E-state index contributed by atoms with van der Waals surface area (Å²) < 4.78 is 6.02. The van der Waals surface area contributed by atoms with Crippen molar-refractivity contribution in [2.75, 3.05) is 20.1 Å². The summed E-state index contributed by atoms with van der Waals surface area (Å²) in [6.45, 7) is 8.10. The van der Waals surface area contributed by atoms with Crippen LogP contribution in [0.1, 0.15) is 32.8 Å². The number of ether oxygens (including phenoxy) is 1. The molecule has 2 atom stereocenters. The van der Waals surface area contributed by atoms with E-state index in [0.717, 1.165) is 18.7 Å². The van der Waals surface area contributed by atoms with Crippen molar-refractivity contribution >= 4 is 5.97 Å². The number of hydrogen-bond acceptors (Lipinski definition) is 3. The largest absolute Gasteiger partial charge is 0.453 e. The Balaban J connectivity index is 2.45. The summed E-state index contributed by atoms with van der Waals surface area (Å²) in [7, 11) is 2.13. The molecule has 1 fully saturated rings. The first-order valence-electron chi connectivity index (χ1n) is 7.46. The number of carbonyl (C=O) groups excluding carboxylic acids is 1. The number of likely N-dealkylation sites (tertiary alicyclic amines) is 1. The van der Waals surface area contributed by atoms with Crippen LogP contribution >= 0.6 is 0 Å². The monoisotopic (exact) mass is 275 g/mol. The maximum absolute atomic E-state index is 12.0. The van der Waals surface area contributed by atoms with Crippen molar-refractivity contribution < 1.29 is 9.53 Å². The molecule has 20 heavy (non-hydrogen) atoms. The molecule has 0 N–H and O–H groups in total. The van der Waals surface area contributed by atoms with Crippen molar-refractivity contribution in [3.63, 3.8) is 0 Å². The fraction of sp³-hybridized carbons (Fsp3) is 0.588. The quantitative estimate of drug-likeness (QED) is 0.794. The third kappa shape index (κ3) is 2.59. The first-order chi connectivity index (χ1) is 9.50. The van der Waals surface area contributed by atoms with Gasteiger partial charge in [0.05, 0.1) is 0 Å². The van der Waals surface area contributed by atoms with Crippen LogP contribution in [0, 0.1) is 11.8 Å². The Morgan fingerprint density at radius 3 is 2.30 bits per heavy atom. The predicted molar refractivity (Wildman–Crippen MR) is 80.3 cm³/mol. The van der Waals surface area contributed by atoms with Crippen molar-refractivity contribution in [2.24, 2.45) is 11.8 Å². The third-order valence-electron chi connectivity index (χ3n) is 4.43. The molecule has 1 saturated heterocycles. The first-order valence-corrected chi connectivity index (χ1v) is 7.46. The van der Waals surface area contributed by atoms with Crippen molar-refractivity contribution in [1.29, 1.82) is 0 Å². The minimum Gasteiger partial charge on any atom is -0.453 e. The van der Waals surface area contributed by atoms with Crippen LogP contribution in [0.4, 0.5) is 0 Å². The standard InChI is InChI=1S/C17H25NO2/c1-5-16(19)20-17(15-9-7-6-8-10-15)13(2)11-18(4)12-14(17)3/h6-10,13-14H,5,11-12H2,1-4H3/t13-,14-/m1/s1. The van der Waals surface area contributed by atoms with Gasteiger partial charge in [-0.25, -0.2) is 0 Å². The molecular formula is C17H25NO2. The van der Waals surface area contributed by atoms with Gasteiger partial charge in [-0.15, -0.1) is 0 Å². The van der Waals surface area contributed by atoms with Gasteiger partial charge in [0.1, 0.15) is 5.60 Å². The van der Waals surface area contributed by atoms with E-state index < -0.39 is 5.60 Å². The van der Waals surface area contributed by atoms with Gasteiger partial charge in [-0.2, -0.15) is 0 Å². The number of nitrogens with zero attached hydrogens (tertiary/aromatic N) is 1. The van der Waals surface area contributed by atoms with E-state index in [-0.39, 0.29) is 17.8 Å². The zero-order valence-electron chi connectivity index (χ0n) is 12.9. The van der Waals surface area contributed by atoms with Crippen molar-refractivity contribution in [2.45, 2.75) is 32.8 Å². The fourth-order valence-electron chi connectivity index (χ4n) is 3.55. The molecule has 1 aromatic carbocycles. The number of rotatable bonds is 3. The van der Waals surface area contributed by atoms with Gasteiger partial charge in [-0.3, -0.25) is 4.79 Å². The highest BCUT2D eigenvalue weighted by Gasteiger charge is 2.49. The lowest BCUT2D eigenvalue weighted by atomic mass is 9.70. The average Bonchev–Trinajstić information content (AvgIpc) is 2.43. The molecule has 0 aliphatic carbocycles. The molecule has 2 rings (SSSR count). The Morgan fingerprint density at radius 2 is 1.80 bits per heavy atom. The number of benzene rings is 1. The number of piperidine rings is 1. The normalized spacial score (nSPS) is 26.2. The summed E-state index contributed by atoms with van der Waals surface area (Å²) >= 11 is 0. The second kappa shape index (κ2) is 5.96. The van der Waals surface area contributed by atoms with Crippen LogP contribution in [-0.4, -0.2) is 31.0 Å². The summed E-state index contributed by atoms with van der Waals surface area (Å²) in [5.41, 5.74) is 0.621. The fourth-order valence-corrected chi connectivity index (χ4v) is 3.55. The van der Waals surface area contributed by atoms with Gasteiger partial charge in [0.25, 0.3) is 0 Å². The molecular weight excluding hydrogens is 250 g/mol. The van der Waals surface area contributed by atoms with E-state index in [0.29, 0.717) is 6.42 Å². The average molecular weight is 275 g/mol. The number of carbonyl (C=O) groups is 1. The van der Waals surface area contributed by atoms with Gasteiger partial charge in [-0.05, 0) is 12.6 Å². The smallest absolute Gasteiger partial charge is 0.306 e. The SMILES string of the molecule is CCC(=O)OC1(c2ccccc2)[C@H](C)CN(C)C[C@H]1C. The van der Waals surface area contributed by atoms with E-state index in [1.165, 1.54) is 0 Å². The Kier molecular flexibility index (Phi) is 4.48. The number of hydrogen-bond donors (Lipinski definition) is 0.